The van der Waals surface area contributed by atoms with Crippen molar-refractivity contribution in [3.63, 3.8) is 0 Å². The maximum Gasteiger partial charge on any atom is 0.256 e. The Bertz CT molecular complexity index is 745. The first-order valence-corrected chi connectivity index (χ1v) is 7.32. The van der Waals surface area contributed by atoms with Crippen LogP contribution in [0.4, 0.5) is 5.69 Å². The van der Waals surface area contributed by atoms with Crippen LogP contribution in [0.1, 0.15) is 21.5 Å². The van der Waals surface area contributed by atoms with Crippen LogP contribution < -0.4 is 19.5 Å². The van der Waals surface area contributed by atoms with Crippen molar-refractivity contribution in [3.8, 4) is 23.0 Å². The van der Waals surface area contributed by atoms with E-state index in [9.17, 15) is 9.90 Å². The van der Waals surface area contributed by atoms with E-state index >= 15 is 0 Å². The van der Waals surface area contributed by atoms with E-state index in [1.54, 1.807) is 24.3 Å². The van der Waals surface area contributed by atoms with Gasteiger partial charge in [0.2, 0.25) is 5.75 Å². The number of hydrogen-bond donors (Lipinski definition) is 2. The number of benzene rings is 2. The molecule has 1 amide bonds. The minimum absolute atomic E-state index is 0.0129. The highest BCUT2D eigenvalue weighted by Gasteiger charge is 2.18. The molecule has 0 aliphatic rings. The lowest BCUT2D eigenvalue weighted by Crippen LogP contribution is -2.13. The standard InChI is InChI=1S/C18H21NO5/c1-10-6-13(14(20)7-11(10)2)19-18(21)12-8-15(22-3)17(24-5)16(9-12)23-4/h6-9,20H,1-5H3,(H,19,21). The van der Waals surface area contributed by atoms with Crippen molar-refractivity contribution < 1.29 is 24.1 Å². The lowest BCUT2D eigenvalue weighted by Gasteiger charge is -2.15. The number of anilines is 1. The molecule has 0 bridgehead atoms. The highest BCUT2D eigenvalue weighted by atomic mass is 16.5. The number of carbonyl (C=O) groups excluding carboxylic acids is 1. The zero-order chi connectivity index (χ0) is 17.9. The number of methoxy groups -OCH3 is 3. The van der Waals surface area contributed by atoms with Gasteiger partial charge in [-0.1, -0.05) is 0 Å². The quantitative estimate of drug-likeness (QED) is 0.822. The van der Waals surface area contributed by atoms with Gasteiger partial charge < -0.3 is 24.6 Å². The highest BCUT2D eigenvalue weighted by Crippen LogP contribution is 2.38. The van der Waals surface area contributed by atoms with Gasteiger partial charge in [0, 0.05) is 5.56 Å². The fourth-order valence-corrected chi connectivity index (χ4v) is 2.31. The van der Waals surface area contributed by atoms with Gasteiger partial charge in [0.05, 0.1) is 27.0 Å². The third-order valence-corrected chi connectivity index (χ3v) is 3.79. The molecule has 0 aliphatic heterocycles. The second-order valence-electron chi connectivity index (χ2n) is 5.32. The zero-order valence-corrected chi connectivity index (χ0v) is 14.4. The lowest BCUT2D eigenvalue weighted by molar-refractivity contribution is 0.102. The molecule has 2 aromatic carbocycles. The Kier molecular flexibility index (Phi) is 5.18. The molecule has 2 N–H and O–H groups in total. The van der Waals surface area contributed by atoms with Crippen LogP contribution in [0.25, 0.3) is 0 Å². The van der Waals surface area contributed by atoms with Gasteiger partial charge in [0.1, 0.15) is 5.75 Å². The van der Waals surface area contributed by atoms with Gasteiger partial charge in [0.25, 0.3) is 5.91 Å². The number of aromatic hydroxyl groups is 1. The van der Waals surface area contributed by atoms with Gasteiger partial charge in [-0.05, 0) is 49.2 Å². The van der Waals surface area contributed by atoms with Gasteiger partial charge in [0.15, 0.2) is 11.5 Å². The van der Waals surface area contributed by atoms with Crippen molar-refractivity contribution in [1.29, 1.82) is 0 Å². The Labute approximate surface area is 141 Å². The molecule has 128 valence electrons. The van der Waals surface area contributed by atoms with Crippen LogP contribution in [0.5, 0.6) is 23.0 Å². The van der Waals surface area contributed by atoms with E-state index in [2.05, 4.69) is 5.32 Å². The molecule has 0 radical (unpaired) electrons. The molecular formula is C18H21NO5. The Morgan fingerprint density at radius 1 is 0.917 bits per heavy atom. The third-order valence-electron chi connectivity index (χ3n) is 3.79. The molecule has 0 saturated carbocycles. The number of hydrogen-bond acceptors (Lipinski definition) is 5. The van der Waals surface area contributed by atoms with Crippen LogP contribution >= 0.6 is 0 Å². The van der Waals surface area contributed by atoms with E-state index in [4.69, 9.17) is 14.2 Å². The fourth-order valence-electron chi connectivity index (χ4n) is 2.31. The molecular weight excluding hydrogens is 310 g/mol. The van der Waals surface area contributed by atoms with E-state index in [0.29, 0.717) is 28.5 Å². The lowest BCUT2D eigenvalue weighted by atomic mass is 10.1. The number of aryl methyl sites for hydroxylation is 2. The van der Waals surface area contributed by atoms with Crippen molar-refractivity contribution in [3.05, 3.63) is 41.0 Å². The van der Waals surface area contributed by atoms with E-state index in [1.165, 1.54) is 21.3 Å². The Balaban J connectivity index is 2.38. The average Bonchev–Trinajstić information content (AvgIpc) is 2.57. The summed E-state index contributed by atoms with van der Waals surface area (Å²) >= 11 is 0. The summed E-state index contributed by atoms with van der Waals surface area (Å²) in [5, 5.41) is 12.7. The van der Waals surface area contributed by atoms with Crippen LogP contribution in [0, 0.1) is 13.8 Å². The van der Waals surface area contributed by atoms with Gasteiger partial charge in [-0.3, -0.25) is 4.79 Å². The molecule has 0 atom stereocenters. The largest absolute Gasteiger partial charge is 0.506 e. The fraction of sp³-hybridized carbons (Fsp3) is 0.278. The van der Waals surface area contributed by atoms with Crippen molar-refractivity contribution in [1.82, 2.24) is 0 Å². The van der Waals surface area contributed by atoms with Gasteiger partial charge in [-0.25, -0.2) is 0 Å². The van der Waals surface area contributed by atoms with Crippen molar-refractivity contribution in [2.75, 3.05) is 26.6 Å². The molecule has 0 saturated heterocycles. The second kappa shape index (κ2) is 7.12. The third kappa shape index (κ3) is 3.37. The summed E-state index contributed by atoms with van der Waals surface area (Å²) < 4.78 is 15.7. The predicted molar refractivity (Wildman–Crippen MR) is 91.6 cm³/mol. The molecule has 24 heavy (non-hydrogen) atoms. The molecule has 0 aliphatic carbocycles. The molecule has 0 spiro atoms. The first-order valence-electron chi connectivity index (χ1n) is 7.32. The smallest absolute Gasteiger partial charge is 0.256 e. The van der Waals surface area contributed by atoms with Crippen LogP contribution in [-0.4, -0.2) is 32.3 Å². The first kappa shape index (κ1) is 17.5. The summed E-state index contributed by atoms with van der Waals surface area (Å²) in [6.45, 7) is 3.80. The van der Waals surface area contributed by atoms with Crippen molar-refractivity contribution in [2.24, 2.45) is 0 Å². The van der Waals surface area contributed by atoms with Crippen LogP contribution in [-0.2, 0) is 0 Å². The number of carbonyl (C=O) groups is 1. The monoisotopic (exact) mass is 331 g/mol. The summed E-state index contributed by atoms with van der Waals surface area (Å²) in [6, 6.07) is 6.43. The number of phenols is 1. The topological polar surface area (TPSA) is 77.0 Å². The summed E-state index contributed by atoms with van der Waals surface area (Å²) in [6.07, 6.45) is 0. The van der Waals surface area contributed by atoms with Gasteiger partial charge in [-0.15, -0.1) is 0 Å². The minimum atomic E-state index is -0.396. The van der Waals surface area contributed by atoms with E-state index in [-0.39, 0.29) is 5.75 Å². The number of phenolic OH excluding ortho intramolecular Hbond substituents is 1. The van der Waals surface area contributed by atoms with Crippen molar-refractivity contribution in [2.45, 2.75) is 13.8 Å². The van der Waals surface area contributed by atoms with Gasteiger partial charge in [-0.2, -0.15) is 0 Å². The Morgan fingerprint density at radius 2 is 1.46 bits per heavy atom. The van der Waals surface area contributed by atoms with E-state index in [0.717, 1.165) is 11.1 Å². The maximum atomic E-state index is 12.5. The first-order chi connectivity index (χ1) is 11.4. The SMILES string of the molecule is COc1cc(C(=O)Nc2cc(C)c(C)cc2O)cc(OC)c1OC. The Morgan fingerprint density at radius 3 is 1.96 bits per heavy atom. The van der Waals surface area contributed by atoms with E-state index in [1.807, 2.05) is 13.8 Å². The second-order valence-corrected chi connectivity index (χ2v) is 5.32. The molecule has 2 rings (SSSR count). The van der Waals surface area contributed by atoms with Crippen LogP contribution in [0.2, 0.25) is 0 Å². The molecule has 0 aromatic heterocycles. The van der Waals surface area contributed by atoms with Gasteiger partial charge >= 0.3 is 0 Å². The molecule has 0 fully saturated rings. The summed E-state index contributed by atoms with van der Waals surface area (Å²) in [5.41, 5.74) is 2.57. The maximum absolute atomic E-state index is 12.5. The number of nitrogens with one attached hydrogen (secondary N) is 1. The zero-order valence-electron chi connectivity index (χ0n) is 14.4. The van der Waals surface area contributed by atoms with Crippen molar-refractivity contribution >= 4 is 11.6 Å². The molecule has 6 nitrogen and oxygen atoms in total. The summed E-state index contributed by atoms with van der Waals surface area (Å²) in [7, 11) is 4.45. The Hall–Kier alpha value is -2.89. The molecule has 0 unspecified atom stereocenters. The molecule has 0 heterocycles. The number of ether oxygens (including phenoxy) is 3. The van der Waals surface area contributed by atoms with Crippen LogP contribution in [0.15, 0.2) is 24.3 Å². The number of rotatable bonds is 5. The molecule has 6 heteroatoms. The number of amides is 1. The van der Waals surface area contributed by atoms with E-state index < -0.39 is 5.91 Å². The predicted octanol–water partition coefficient (Wildman–Crippen LogP) is 3.29. The summed E-state index contributed by atoms with van der Waals surface area (Å²) in [5.74, 6) is 0.787. The minimum Gasteiger partial charge on any atom is -0.506 e. The van der Waals surface area contributed by atoms with Crippen LogP contribution in [0.3, 0.4) is 0 Å². The summed E-state index contributed by atoms with van der Waals surface area (Å²) in [4.78, 5) is 12.5. The average molecular weight is 331 g/mol. The normalized spacial score (nSPS) is 10.2. The molecule has 2 aromatic rings. The highest BCUT2D eigenvalue weighted by molar-refractivity contribution is 6.05.